The normalized spacial score (nSPS) is 14.8. The molecule has 2 rings (SSSR count). The van der Waals surface area contributed by atoms with Crippen molar-refractivity contribution in [2.75, 3.05) is 26.2 Å². The van der Waals surface area contributed by atoms with Crippen LogP contribution < -0.4 is 5.32 Å². The molecule has 0 radical (unpaired) electrons. The van der Waals surface area contributed by atoms with Crippen molar-refractivity contribution < 1.29 is 22.8 Å². The number of benzene rings is 1. The molecule has 1 N–H and O–H groups in total. The Labute approximate surface area is 169 Å². The van der Waals surface area contributed by atoms with E-state index in [0.717, 1.165) is 0 Å². The standard InChI is InChI=1S/C18H24ClN3O5S/c1-3-21(4-2)28(26,27)13-6-7-15(19)14(12-13)18(25)20-10-5-11-22-16(23)8-9-17(22)24/h6-7,12H,3-5,8-11H2,1-2H3,(H,20,25). The van der Waals surface area contributed by atoms with Crippen molar-refractivity contribution >= 4 is 39.3 Å². The van der Waals surface area contributed by atoms with Crippen LogP contribution in [0.4, 0.5) is 0 Å². The van der Waals surface area contributed by atoms with E-state index in [4.69, 9.17) is 11.6 Å². The molecule has 10 heteroatoms. The van der Waals surface area contributed by atoms with Crippen LogP contribution in [0.1, 0.15) is 43.5 Å². The van der Waals surface area contributed by atoms with E-state index in [2.05, 4.69) is 5.32 Å². The second-order valence-corrected chi connectivity index (χ2v) is 8.62. The van der Waals surface area contributed by atoms with Crippen LogP contribution in [-0.2, 0) is 19.6 Å². The zero-order chi connectivity index (χ0) is 20.9. The first kappa shape index (κ1) is 22.3. The Kier molecular flexibility index (Phi) is 7.56. The van der Waals surface area contributed by atoms with Crippen molar-refractivity contribution in [3.63, 3.8) is 0 Å². The van der Waals surface area contributed by atoms with Gasteiger partial charge in [0, 0.05) is 39.0 Å². The Morgan fingerprint density at radius 3 is 2.36 bits per heavy atom. The highest BCUT2D eigenvalue weighted by Gasteiger charge is 2.28. The lowest BCUT2D eigenvalue weighted by atomic mass is 10.2. The number of imide groups is 1. The number of halogens is 1. The molecule has 1 saturated heterocycles. The average Bonchev–Trinajstić information content (AvgIpc) is 2.97. The third kappa shape index (κ3) is 4.89. The molecule has 0 atom stereocenters. The zero-order valence-corrected chi connectivity index (χ0v) is 17.5. The molecule has 3 amide bonds. The molecule has 1 aromatic carbocycles. The zero-order valence-electron chi connectivity index (χ0n) is 15.9. The number of nitrogens with one attached hydrogen (secondary N) is 1. The number of carbonyl (C=O) groups is 3. The fourth-order valence-corrected chi connectivity index (χ4v) is 4.65. The second kappa shape index (κ2) is 9.49. The first-order valence-corrected chi connectivity index (χ1v) is 10.9. The van der Waals surface area contributed by atoms with E-state index in [-0.39, 0.29) is 53.2 Å². The maximum atomic E-state index is 12.6. The molecular weight excluding hydrogens is 406 g/mol. The van der Waals surface area contributed by atoms with Crippen molar-refractivity contribution in [1.82, 2.24) is 14.5 Å². The molecule has 0 spiro atoms. The van der Waals surface area contributed by atoms with Crippen molar-refractivity contribution in [3.8, 4) is 0 Å². The molecule has 1 fully saturated rings. The van der Waals surface area contributed by atoms with Crippen LogP contribution in [0.15, 0.2) is 23.1 Å². The summed E-state index contributed by atoms with van der Waals surface area (Å²) in [6, 6.07) is 4.02. The fourth-order valence-electron chi connectivity index (χ4n) is 2.96. The lowest BCUT2D eigenvalue weighted by Crippen LogP contribution is -2.33. The van der Waals surface area contributed by atoms with Crippen molar-refractivity contribution in [2.45, 2.75) is 38.0 Å². The summed E-state index contributed by atoms with van der Waals surface area (Å²) < 4.78 is 26.6. The van der Waals surface area contributed by atoms with Gasteiger partial charge in [-0.1, -0.05) is 25.4 Å². The van der Waals surface area contributed by atoms with Gasteiger partial charge >= 0.3 is 0 Å². The van der Waals surface area contributed by atoms with E-state index in [0.29, 0.717) is 19.5 Å². The van der Waals surface area contributed by atoms with Crippen LogP contribution in [0.25, 0.3) is 0 Å². The van der Waals surface area contributed by atoms with Gasteiger partial charge in [0.15, 0.2) is 0 Å². The molecule has 0 aliphatic carbocycles. The van der Waals surface area contributed by atoms with Gasteiger partial charge in [-0.2, -0.15) is 4.31 Å². The fraction of sp³-hybridized carbons (Fsp3) is 0.500. The molecule has 1 heterocycles. The predicted octanol–water partition coefficient (Wildman–Crippen LogP) is 1.64. The number of sulfonamides is 1. The van der Waals surface area contributed by atoms with E-state index in [9.17, 15) is 22.8 Å². The van der Waals surface area contributed by atoms with Gasteiger partial charge in [0.2, 0.25) is 21.8 Å². The molecule has 1 aliphatic rings. The van der Waals surface area contributed by atoms with Crippen LogP contribution in [0, 0.1) is 0 Å². The SMILES string of the molecule is CCN(CC)S(=O)(=O)c1ccc(Cl)c(C(=O)NCCCN2C(=O)CCC2=O)c1. The quantitative estimate of drug-likeness (QED) is 0.474. The summed E-state index contributed by atoms with van der Waals surface area (Å²) in [7, 11) is -3.71. The number of amides is 3. The van der Waals surface area contributed by atoms with Gasteiger partial charge < -0.3 is 5.32 Å². The molecule has 0 aromatic heterocycles. The molecule has 1 aliphatic heterocycles. The Morgan fingerprint density at radius 1 is 1.18 bits per heavy atom. The molecule has 28 heavy (non-hydrogen) atoms. The summed E-state index contributed by atoms with van der Waals surface area (Å²) in [6.07, 6.45) is 0.863. The van der Waals surface area contributed by atoms with E-state index in [1.54, 1.807) is 13.8 Å². The number of hydrogen-bond donors (Lipinski definition) is 1. The van der Waals surface area contributed by atoms with E-state index >= 15 is 0 Å². The maximum absolute atomic E-state index is 12.6. The van der Waals surface area contributed by atoms with Gasteiger partial charge in [-0.25, -0.2) is 8.42 Å². The molecule has 154 valence electrons. The second-order valence-electron chi connectivity index (χ2n) is 6.28. The third-order valence-electron chi connectivity index (χ3n) is 4.52. The largest absolute Gasteiger partial charge is 0.352 e. The van der Waals surface area contributed by atoms with Gasteiger partial charge in [-0.15, -0.1) is 0 Å². The molecule has 1 aromatic rings. The number of carbonyl (C=O) groups excluding carboxylic acids is 3. The highest BCUT2D eigenvalue weighted by molar-refractivity contribution is 7.89. The summed E-state index contributed by atoms with van der Waals surface area (Å²) >= 11 is 6.08. The monoisotopic (exact) mass is 429 g/mol. The van der Waals surface area contributed by atoms with Crippen LogP contribution in [0.2, 0.25) is 5.02 Å². The topological polar surface area (TPSA) is 104 Å². The van der Waals surface area contributed by atoms with Gasteiger partial charge in [0.25, 0.3) is 5.91 Å². The van der Waals surface area contributed by atoms with Crippen LogP contribution in [0.5, 0.6) is 0 Å². The van der Waals surface area contributed by atoms with Crippen LogP contribution in [0.3, 0.4) is 0 Å². The lowest BCUT2D eigenvalue weighted by Gasteiger charge is -2.19. The first-order valence-electron chi connectivity index (χ1n) is 9.13. The molecular formula is C18H24ClN3O5S. The minimum atomic E-state index is -3.71. The van der Waals surface area contributed by atoms with Gasteiger partial charge in [0.05, 0.1) is 15.5 Å². The van der Waals surface area contributed by atoms with Crippen LogP contribution in [-0.4, -0.2) is 61.5 Å². The van der Waals surface area contributed by atoms with Gasteiger partial charge in [-0.3, -0.25) is 19.3 Å². The Bertz CT molecular complexity index is 852. The van der Waals surface area contributed by atoms with Crippen molar-refractivity contribution in [2.24, 2.45) is 0 Å². The number of nitrogens with zero attached hydrogens (tertiary/aromatic N) is 2. The smallest absolute Gasteiger partial charge is 0.252 e. The summed E-state index contributed by atoms with van der Waals surface area (Å²) in [5.41, 5.74) is 0.0585. The summed E-state index contributed by atoms with van der Waals surface area (Å²) in [5.74, 6) is -0.914. The highest BCUT2D eigenvalue weighted by atomic mass is 35.5. The number of likely N-dealkylation sites (tertiary alicyclic amines) is 1. The molecule has 8 nitrogen and oxygen atoms in total. The Balaban J connectivity index is 2.03. The van der Waals surface area contributed by atoms with Crippen molar-refractivity contribution in [1.29, 1.82) is 0 Å². The predicted molar refractivity (Wildman–Crippen MR) is 104 cm³/mol. The number of hydrogen-bond acceptors (Lipinski definition) is 5. The Hall–Kier alpha value is -1.97. The molecule has 0 saturated carbocycles. The van der Waals surface area contributed by atoms with Crippen LogP contribution >= 0.6 is 11.6 Å². The Morgan fingerprint density at radius 2 is 1.79 bits per heavy atom. The maximum Gasteiger partial charge on any atom is 0.252 e. The highest BCUT2D eigenvalue weighted by Crippen LogP contribution is 2.23. The molecule has 0 unspecified atom stereocenters. The minimum Gasteiger partial charge on any atom is -0.352 e. The lowest BCUT2D eigenvalue weighted by molar-refractivity contribution is -0.138. The van der Waals surface area contributed by atoms with E-state index in [1.165, 1.54) is 27.4 Å². The van der Waals surface area contributed by atoms with E-state index in [1.807, 2.05) is 0 Å². The summed E-state index contributed by atoms with van der Waals surface area (Å²) in [4.78, 5) is 36.7. The minimum absolute atomic E-state index is 0.000917. The number of rotatable bonds is 9. The summed E-state index contributed by atoms with van der Waals surface area (Å²) in [5, 5.41) is 2.79. The van der Waals surface area contributed by atoms with Gasteiger partial charge in [0.1, 0.15) is 0 Å². The first-order chi connectivity index (χ1) is 13.2. The van der Waals surface area contributed by atoms with E-state index < -0.39 is 15.9 Å². The third-order valence-corrected chi connectivity index (χ3v) is 6.90. The summed E-state index contributed by atoms with van der Waals surface area (Å²) in [6.45, 7) is 4.57. The average molecular weight is 430 g/mol. The van der Waals surface area contributed by atoms with Gasteiger partial charge in [-0.05, 0) is 24.6 Å². The van der Waals surface area contributed by atoms with Crippen molar-refractivity contribution in [3.05, 3.63) is 28.8 Å². The molecule has 0 bridgehead atoms.